The van der Waals surface area contributed by atoms with Gasteiger partial charge in [0, 0.05) is 30.5 Å². The number of rotatable bonds is 5. The molecule has 108 valence electrons. The van der Waals surface area contributed by atoms with E-state index in [1.165, 1.54) is 0 Å². The minimum Gasteiger partial charge on any atom is -0.399 e. The largest absolute Gasteiger partial charge is 0.399 e. The number of hydrogen-bond acceptors (Lipinski definition) is 4. The summed E-state index contributed by atoms with van der Waals surface area (Å²) in [5.74, 6) is -0.0860. The standard InChI is InChI=1S/C13H18N4O2S/c1-10-12(7-15-17(10)2)8-16-20(18,19)9-11-4-3-5-13(14)6-11/h3-7,16H,8-9,14H2,1-2H3. The molecular formula is C13H18N4O2S. The highest BCUT2D eigenvalue weighted by molar-refractivity contribution is 7.88. The first-order chi connectivity index (χ1) is 9.37. The van der Waals surface area contributed by atoms with Gasteiger partial charge in [-0.3, -0.25) is 4.68 Å². The van der Waals surface area contributed by atoms with Crippen molar-refractivity contribution in [1.29, 1.82) is 0 Å². The Morgan fingerprint density at radius 3 is 2.75 bits per heavy atom. The van der Waals surface area contributed by atoms with Gasteiger partial charge in [0.25, 0.3) is 0 Å². The van der Waals surface area contributed by atoms with E-state index < -0.39 is 10.0 Å². The lowest BCUT2D eigenvalue weighted by molar-refractivity contribution is 0.580. The van der Waals surface area contributed by atoms with Gasteiger partial charge in [-0.25, -0.2) is 13.1 Å². The Labute approximate surface area is 118 Å². The van der Waals surface area contributed by atoms with Gasteiger partial charge >= 0.3 is 0 Å². The minimum atomic E-state index is -3.40. The predicted octanol–water partition coefficient (Wildman–Crippen LogP) is 0.930. The maximum absolute atomic E-state index is 12.0. The van der Waals surface area contributed by atoms with Crippen LogP contribution in [0.1, 0.15) is 16.8 Å². The molecule has 0 saturated carbocycles. The van der Waals surface area contributed by atoms with Crippen molar-refractivity contribution >= 4 is 15.7 Å². The van der Waals surface area contributed by atoms with Crippen LogP contribution in [0.25, 0.3) is 0 Å². The van der Waals surface area contributed by atoms with Gasteiger partial charge in [-0.1, -0.05) is 12.1 Å². The Bertz CT molecular complexity index is 707. The lowest BCUT2D eigenvalue weighted by atomic mass is 10.2. The molecule has 0 unspecified atom stereocenters. The predicted molar refractivity (Wildman–Crippen MR) is 78.3 cm³/mol. The molecule has 3 N–H and O–H groups in total. The van der Waals surface area contributed by atoms with Crippen LogP contribution in [0, 0.1) is 6.92 Å². The number of nitrogens with two attached hydrogens (primary N) is 1. The average Bonchev–Trinajstić information content (AvgIpc) is 2.67. The van der Waals surface area contributed by atoms with Crippen LogP contribution in [0.15, 0.2) is 30.5 Å². The van der Waals surface area contributed by atoms with Gasteiger partial charge in [0.15, 0.2) is 0 Å². The summed E-state index contributed by atoms with van der Waals surface area (Å²) in [6.07, 6.45) is 1.67. The molecule has 7 heteroatoms. The van der Waals surface area contributed by atoms with Crippen LogP contribution in [0.4, 0.5) is 5.69 Å². The normalized spacial score (nSPS) is 11.7. The molecule has 0 aliphatic carbocycles. The number of anilines is 1. The van der Waals surface area contributed by atoms with Crippen LogP contribution < -0.4 is 10.5 Å². The summed E-state index contributed by atoms with van der Waals surface area (Å²) < 4.78 is 28.3. The lowest BCUT2D eigenvalue weighted by Gasteiger charge is -2.07. The van der Waals surface area contributed by atoms with E-state index >= 15 is 0 Å². The third-order valence-electron chi connectivity index (χ3n) is 3.13. The zero-order chi connectivity index (χ0) is 14.8. The Hall–Kier alpha value is -1.86. The Balaban J connectivity index is 2.03. The first kappa shape index (κ1) is 14.5. The van der Waals surface area contributed by atoms with Gasteiger partial charge in [-0.15, -0.1) is 0 Å². The van der Waals surface area contributed by atoms with E-state index in [1.807, 2.05) is 14.0 Å². The second-order valence-electron chi connectivity index (χ2n) is 4.70. The van der Waals surface area contributed by atoms with Gasteiger partial charge in [-0.05, 0) is 24.6 Å². The summed E-state index contributed by atoms with van der Waals surface area (Å²) in [5, 5.41) is 4.08. The molecule has 0 atom stereocenters. The molecule has 0 spiro atoms. The van der Waals surface area contributed by atoms with Crippen molar-refractivity contribution in [1.82, 2.24) is 14.5 Å². The van der Waals surface area contributed by atoms with Gasteiger partial charge in [0.1, 0.15) is 0 Å². The van der Waals surface area contributed by atoms with Gasteiger partial charge < -0.3 is 5.73 Å². The fraction of sp³-hybridized carbons (Fsp3) is 0.308. The van der Waals surface area contributed by atoms with Crippen LogP contribution in [0.3, 0.4) is 0 Å². The Morgan fingerprint density at radius 1 is 1.40 bits per heavy atom. The van der Waals surface area contributed by atoms with Gasteiger partial charge in [0.2, 0.25) is 10.0 Å². The number of sulfonamides is 1. The number of nitrogens with one attached hydrogen (secondary N) is 1. The van der Waals surface area contributed by atoms with Crippen molar-refractivity contribution < 1.29 is 8.42 Å². The second-order valence-corrected chi connectivity index (χ2v) is 6.51. The van der Waals surface area contributed by atoms with E-state index in [2.05, 4.69) is 9.82 Å². The zero-order valence-corrected chi connectivity index (χ0v) is 12.3. The van der Waals surface area contributed by atoms with Crippen LogP contribution >= 0.6 is 0 Å². The fourth-order valence-electron chi connectivity index (χ4n) is 1.86. The fourth-order valence-corrected chi connectivity index (χ4v) is 2.95. The molecule has 0 amide bonds. The third-order valence-corrected chi connectivity index (χ3v) is 4.42. The molecule has 0 aliphatic heterocycles. The summed E-state index contributed by atoms with van der Waals surface area (Å²) in [6.45, 7) is 2.14. The summed E-state index contributed by atoms with van der Waals surface area (Å²) in [7, 11) is -1.58. The minimum absolute atomic E-state index is 0.0860. The second kappa shape index (κ2) is 5.64. The highest BCUT2D eigenvalue weighted by atomic mass is 32.2. The smallest absolute Gasteiger partial charge is 0.216 e. The Kier molecular flexibility index (Phi) is 4.10. The Morgan fingerprint density at radius 2 is 2.15 bits per heavy atom. The van der Waals surface area contributed by atoms with E-state index in [0.29, 0.717) is 11.3 Å². The molecule has 0 saturated heterocycles. The molecule has 0 aliphatic rings. The molecule has 1 aromatic carbocycles. The van der Waals surface area contributed by atoms with Crippen molar-refractivity contribution in [3.8, 4) is 0 Å². The van der Waals surface area contributed by atoms with Crippen molar-refractivity contribution in [2.75, 3.05) is 5.73 Å². The van der Waals surface area contributed by atoms with Crippen molar-refractivity contribution in [2.24, 2.45) is 7.05 Å². The first-order valence-electron chi connectivity index (χ1n) is 6.16. The zero-order valence-electron chi connectivity index (χ0n) is 11.5. The number of hydrogen-bond donors (Lipinski definition) is 2. The monoisotopic (exact) mass is 294 g/mol. The molecule has 20 heavy (non-hydrogen) atoms. The van der Waals surface area contributed by atoms with E-state index in [9.17, 15) is 8.42 Å². The number of aryl methyl sites for hydroxylation is 1. The molecule has 0 fully saturated rings. The summed E-state index contributed by atoms with van der Waals surface area (Å²) in [4.78, 5) is 0. The van der Waals surface area contributed by atoms with Crippen molar-refractivity contribution in [2.45, 2.75) is 19.2 Å². The van der Waals surface area contributed by atoms with Crippen LogP contribution in [-0.2, 0) is 29.4 Å². The van der Waals surface area contributed by atoms with Gasteiger partial charge in [0.05, 0.1) is 11.9 Å². The molecule has 2 aromatic rings. The highest BCUT2D eigenvalue weighted by Crippen LogP contribution is 2.11. The molecule has 1 aromatic heterocycles. The molecule has 1 heterocycles. The van der Waals surface area contributed by atoms with Crippen molar-refractivity contribution in [3.05, 3.63) is 47.3 Å². The summed E-state index contributed by atoms with van der Waals surface area (Å²) in [6, 6.07) is 6.87. The molecule has 6 nitrogen and oxygen atoms in total. The van der Waals surface area contributed by atoms with Crippen LogP contribution in [0.5, 0.6) is 0 Å². The van der Waals surface area contributed by atoms with E-state index in [0.717, 1.165) is 11.3 Å². The molecule has 2 rings (SSSR count). The quantitative estimate of drug-likeness (QED) is 0.803. The van der Waals surface area contributed by atoms with E-state index in [1.54, 1.807) is 35.1 Å². The number of aromatic nitrogens is 2. The van der Waals surface area contributed by atoms with Crippen LogP contribution in [0.2, 0.25) is 0 Å². The maximum atomic E-state index is 12.0. The topological polar surface area (TPSA) is 90.0 Å². The van der Waals surface area contributed by atoms with Crippen molar-refractivity contribution in [3.63, 3.8) is 0 Å². The summed E-state index contributed by atoms with van der Waals surface area (Å²) in [5.41, 5.74) is 8.67. The summed E-state index contributed by atoms with van der Waals surface area (Å²) >= 11 is 0. The van der Waals surface area contributed by atoms with Crippen LogP contribution in [-0.4, -0.2) is 18.2 Å². The van der Waals surface area contributed by atoms with Gasteiger partial charge in [-0.2, -0.15) is 5.10 Å². The average molecular weight is 294 g/mol. The molecule has 0 radical (unpaired) electrons. The van der Waals surface area contributed by atoms with E-state index in [4.69, 9.17) is 5.73 Å². The molecular weight excluding hydrogens is 276 g/mol. The van der Waals surface area contributed by atoms with E-state index in [-0.39, 0.29) is 12.3 Å². The lowest BCUT2D eigenvalue weighted by Crippen LogP contribution is -2.25. The first-order valence-corrected chi connectivity index (χ1v) is 7.82. The number of nitrogens with zero attached hydrogens (tertiary/aromatic N) is 2. The maximum Gasteiger partial charge on any atom is 0.216 e. The number of benzene rings is 1. The highest BCUT2D eigenvalue weighted by Gasteiger charge is 2.13. The third kappa shape index (κ3) is 3.58. The molecule has 0 bridgehead atoms. The SMILES string of the molecule is Cc1c(CNS(=O)(=O)Cc2cccc(N)c2)cnn1C. The number of nitrogen functional groups attached to an aromatic ring is 1.